The van der Waals surface area contributed by atoms with Gasteiger partial charge >= 0.3 is 6.03 Å². The first-order valence-corrected chi connectivity index (χ1v) is 9.93. The third kappa shape index (κ3) is 4.15. The van der Waals surface area contributed by atoms with Crippen LogP contribution in [0.15, 0.2) is 42.5 Å². The lowest BCUT2D eigenvalue weighted by Gasteiger charge is -2.25. The summed E-state index contributed by atoms with van der Waals surface area (Å²) >= 11 is 7.53. The highest BCUT2D eigenvalue weighted by molar-refractivity contribution is 7.99. The van der Waals surface area contributed by atoms with E-state index in [1.807, 2.05) is 0 Å². The monoisotopic (exact) mass is 392 g/mol. The van der Waals surface area contributed by atoms with Crippen molar-refractivity contribution in [2.45, 2.75) is 31.6 Å². The lowest BCUT2D eigenvalue weighted by atomic mass is 9.87. The Bertz CT molecular complexity index is 804. The molecule has 2 amide bonds. The Labute approximate surface area is 162 Å². The SMILES string of the molecule is CC(C)(C)c1ccc([C@@H]2SCCN2C(=O)Nc2ccc(F)c(Cl)c2)cc1. The highest BCUT2D eigenvalue weighted by Gasteiger charge is 2.31. The first-order valence-electron chi connectivity index (χ1n) is 8.50. The molecule has 1 fully saturated rings. The zero-order chi connectivity index (χ0) is 18.9. The minimum atomic E-state index is -0.502. The molecule has 0 saturated carbocycles. The molecule has 1 saturated heterocycles. The summed E-state index contributed by atoms with van der Waals surface area (Å²) in [4.78, 5) is 14.5. The van der Waals surface area contributed by atoms with E-state index in [4.69, 9.17) is 11.6 Å². The third-order valence-electron chi connectivity index (χ3n) is 4.38. The number of hydrogen-bond acceptors (Lipinski definition) is 2. The molecule has 0 spiro atoms. The number of thioether (sulfide) groups is 1. The first kappa shape index (κ1) is 19.1. The molecule has 138 valence electrons. The number of hydrogen-bond donors (Lipinski definition) is 1. The van der Waals surface area contributed by atoms with E-state index in [-0.39, 0.29) is 21.8 Å². The van der Waals surface area contributed by atoms with E-state index in [9.17, 15) is 9.18 Å². The molecule has 3 rings (SSSR count). The van der Waals surface area contributed by atoms with Gasteiger partial charge in [-0.2, -0.15) is 0 Å². The average molecular weight is 393 g/mol. The summed E-state index contributed by atoms with van der Waals surface area (Å²) in [7, 11) is 0. The number of benzene rings is 2. The number of rotatable bonds is 2. The van der Waals surface area contributed by atoms with E-state index in [0.29, 0.717) is 12.2 Å². The second-order valence-corrected chi connectivity index (χ2v) is 8.94. The molecule has 3 nitrogen and oxygen atoms in total. The number of halogens is 2. The maximum absolute atomic E-state index is 13.3. The maximum Gasteiger partial charge on any atom is 0.323 e. The van der Waals surface area contributed by atoms with Gasteiger partial charge in [-0.05, 0) is 34.7 Å². The number of nitrogens with zero attached hydrogens (tertiary/aromatic N) is 1. The van der Waals surface area contributed by atoms with Crippen molar-refractivity contribution in [3.63, 3.8) is 0 Å². The number of carbonyl (C=O) groups excluding carboxylic acids is 1. The van der Waals surface area contributed by atoms with Crippen molar-refractivity contribution in [2.24, 2.45) is 0 Å². The summed E-state index contributed by atoms with van der Waals surface area (Å²) in [5.74, 6) is 0.377. The molecular formula is C20H22ClFN2OS. The van der Waals surface area contributed by atoms with Crippen molar-refractivity contribution < 1.29 is 9.18 Å². The van der Waals surface area contributed by atoms with Crippen LogP contribution in [-0.4, -0.2) is 23.2 Å². The van der Waals surface area contributed by atoms with E-state index < -0.39 is 5.82 Å². The second kappa shape index (κ2) is 7.49. The summed E-state index contributed by atoms with van der Waals surface area (Å²) in [5.41, 5.74) is 2.95. The van der Waals surface area contributed by atoms with Gasteiger partial charge in [-0.25, -0.2) is 9.18 Å². The summed E-state index contributed by atoms with van der Waals surface area (Å²) in [6.07, 6.45) is 0. The molecule has 1 N–H and O–H groups in total. The van der Waals surface area contributed by atoms with Crippen LogP contribution < -0.4 is 5.32 Å². The normalized spacial score (nSPS) is 17.4. The van der Waals surface area contributed by atoms with Crippen molar-refractivity contribution in [3.05, 3.63) is 64.4 Å². The fourth-order valence-electron chi connectivity index (χ4n) is 2.87. The maximum atomic E-state index is 13.3. The first-order chi connectivity index (χ1) is 12.3. The average Bonchev–Trinajstić information content (AvgIpc) is 3.07. The highest BCUT2D eigenvalue weighted by Crippen LogP contribution is 2.39. The minimum absolute atomic E-state index is 0.00656. The molecule has 1 atom stereocenters. The molecule has 1 heterocycles. The lowest BCUT2D eigenvalue weighted by Crippen LogP contribution is -2.34. The Morgan fingerprint density at radius 1 is 1.23 bits per heavy atom. The van der Waals surface area contributed by atoms with Crippen molar-refractivity contribution in [2.75, 3.05) is 17.6 Å². The molecule has 1 aliphatic heterocycles. The van der Waals surface area contributed by atoms with Crippen molar-refractivity contribution >= 4 is 35.1 Å². The lowest BCUT2D eigenvalue weighted by molar-refractivity contribution is 0.214. The van der Waals surface area contributed by atoms with Gasteiger partial charge in [0.2, 0.25) is 0 Å². The third-order valence-corrected chi connectivity index (χ3v) is 5.93. The molecule has 0 aliphatic carbocycles. The van der Waals surface area contributed by atoms with Gasteiger partial charge in [0.15, 0.2) is 0 Å². The number of carbonyl (C=O) groups is 1. The van der Waals surface area contributed by atoms with Crippen LogP contribution in [0.2, 0.25) is 5.02 Å². The number of nitrogens with one attached hydrogen (secondary N) is 1. The van der Waals surface area contributed by atoms with Crippen LogP contribution in [0.1, 0.15) is 37.3 Å². The van der Waals surface area contributed by atoms with Gasteiger partial charge < -0.3 is 10.2 Å². The second-order valence-electron chi connectivity index (χ2n) is 7.35. The largest absolute Gasteiger partial charge is 0.323 e. The zero-order valence-corrected chi connectivity index (χ0v) is 16.6. The van der Waals surface area contributed by atoms with Crippen LogP contribution in [-0.2, 0) is 5.41 Å². The van der Waals surface area contributed by atoms with Gasteiger partial charge in [-0.1, -0.05) is 56.6 Å². The van der Waals surface area contributed by atoms with E-state index in [1.165, 1.54) is 23.8 Å². The predicted molar refractivity (Wildman–Crippen MR) is 107 cm³/mol. The molecule has 2 aromatic rings. The Morgan fingerprint density at radius 2 is 1.92 bits per heavy atom. The van der Waals surface area contributed by atoms with Crippen LogP contribution in [0, 0.1) is 5.82 Å². The van der Waals surface area contributed by atoms with E-state index in [0.717, 1.165) is 11.3 Å². The summed E-state index contributed by atoms with van der Waals surface area (Å²) < 4.78 is 13.3. The summed E-state index contributed by atoms with van der Waals surface area (Å²) in [5, 5.41) is 2.78. The summed E-state index contributed by atoms with van der Waals surface area (Å²) in [6.45, 7) is 7.21. The van der Waals surface area contributed by atoms with Gasteiger partial charge in [0, 0.05) is 18.0 Å². The van der Waals surface area contributed by atoms with Crippen molar-refractivity contribution in [1.29, 1.82) is 0 Å². The molecule has 6 heteroatoms. The molecular weight excluding hydrogens is 371 g/mol. The Kier molecular flexibility index (Phi) is 5.49. The van der Waals surface area contributed by atoms with Crippen molar-refractivity contribution in [1.82, 2.24) is 4.90 Å². The van der Waals surface area contributed by atoms with Crippen LogP contribution in [0.3, 0.4) is 0 Å². The topological polar surface area (TPSA) is 32.3 Å². The predicted octanol–water partition coefficient (Wildman–Crippen LogP) is 6.06. The van der Waals surface area contributed by atoms with Gasteiger partial charge in [0.05, 0.1) is 5.02 Å². The van der Waals surface area contributed by atoms with Gasteiger partial charge in [0.25, 0.3) is 0 Å². The number of anilines is 1. The van der Waals surface area contributed by atoms with E-state index in [1.54, 1.807) is 16.7 Å². The summed E-state index contributed by atoms with van der Waals surface area (Å²) in [6, 6.07) is 12.4. The van der Waals surface area contributed by atoms with Crippen LogP contribution in [0.4, 0.5) is 14.9 Å². The molecule has 2 aromatic carbocycles. The molecule has 1 aliphatic rings. The number of amides is 2. The minimum Gasteiger partial charge on any atom is -0.308 e. The Balaban J connectivity index is 1.75. The smallest absolute Gasteiger partial charge is 0.308 e. The fraction of sp³-hybridized carbons (Fsp3) is 0.350. The van der Waals surface area contributed by atoms with E-state index in [2.05, 4.69) is 50.4 Å². The Hall–Kier alpha value is -1.72. The van der Waals surface area contributed by atoms with Crippen LogP contribution in [0.25, 0.3) is 0 Å². The molecule has 0 bridgehead atoms. The standard InChI is InChI=1S/C20H22ClFN2OS/c1-20(2,3)14-6-4-13(5-7-14)18-24(10-11-26-18)19(25)23-15-8-9-17(22)16(21)12-15/h4-9,12,18H,10-11H2,1-3H3,(H,23,25)/t18-/m0/s1. The van der Waals surface area contributed by atoms with Gasteiger partial charge in [-0.15, -0.1) is 11.8 Å². The molecule has 0 aromatic heterocycles. The Morgan fingerprint density at radius 3 is 2.54 bits per heavy atom. The molecule has 26 heavy (non-hydrogen) atoms. The molecule has 0 unspecified atom stereocenters. The van der Waals surface area contributed by atoms with Gasteiger partial charge in [-0.3, -0.25) is 0 Å². The van der Waals surface area contributed by atoms with Crippen LogP contribution in [0.5, 0.6) is 0 Å². The van der Waals surface area contributed by atoms with Crippen LogP contribution >= 0.6 is 23.4 Å². The van der Waals surface area contributed by atoms with Gasteiger partial charge in [0.1, 0.15) is 11.2 Å². The zero-order valence-electron chi connectivity index (χ0n) is 15.1. The van der Waals surface area contributed by atoms with Crippen molar-refractivity contribution in [3.8, 4) is 0 Å². The van der Waals surface area contributed by atoms with E-state index >= 15 is 0 Å². The highest BCUT2D eigenvalue weighted by atomic mass is 35.5. The fourth-order valence-corrected chi connectivity index (χ4v) is 4.31. The number of urea groups is 1. The quantitative estimate of drug-likeness (QED) is 0.674. The molecule has 0 radical (unpaired) electrons.